The predicted molar refractivity (Wildman–Crippen MR) is 81.3 cm³/mol. The van der Waals surface area contributed by atoms with E-state index in [1.54, 1.807) is 19.6 Å². The quantitative estimate of drug-likeness (QED) is 0.644. The van der Waals surface area contributed by atoms with Gasteiger partial charge in [-0.1, -0.05) is 0 Å². The van der Waals surface area contributed by atoms with Crippen molar-refractivity contribution in [3.05, 3.63) is 30.5 Å². The number of hydrogen-bond acceptors (Lipinski definition) is 6. The zero-order chi connectivity index (χ0) is 14.7. The molecular formula is C14H18N6O. The molecule has 0 aliphatic carbocycles. The molecule has 0 saturated carbocycles. The van der Waals surface area contributed by atoms with Crippen LogP contribution in [-0.2, 0) is 6.42 Å². The summed E-state index contributed by atoms with van der Waals surface area (Å²) in [4.78, 5) is 16.0. The summed E-state index contributed by atoms with van der Waals surface area (Å²) in [5.41, 5.74) is 1.47. The first-order valence-electron chi connectivity index (χ1n) is 6.94. The van der Waals surface area contributed by atoms with E-state index in [1.165, 1.54) is 0 Å². The van der Waals surface area contributed by atoms with Gasteiger partial charge in [0.25, 0.3) is 0 Å². The standard InChI is InChI=1S/C14H18N6O/c1-9(5-6-10-4-3-7-21-10)18-13-11-12(17-8-16-11)19-14(15-2)20-13/h3-4,7-9H,5-6H2,1-2H3,(H3,15,16,17,18,19,20). The van der Waals surface area contributed by atoms with Gasteiger partial charge in [0, 0.05) is 19.5 Å². The van der Waals surface area contributed by atoms with Crippen molar-refractivity contribution in [2.24, 2.45) is 0 Å². The van der Waals surface area contributed by atoms with Crippen LogP contribution in [0.1, 0.15) is 19.1 Å². The summed E-state index contributed by atoms with van der Waals surface area (Å²) in [6, 6.07) is 4.15. The summed E-state index contributed by atoms with van der Waals surface area (Å²) in [5.74, 6) is 2.30. The fourth-order valence-corrected chi connectivity index (χ4v) is 2.17. The van der Waals surface area contributed by atoms with Crippen molar-refractivity contribution >= 4 is 22.9 Å². The lowest BCUT2D eigenvalue weighted by Gasteiger charge is -2.14. The molecule has 1 unspecified atom stereocenters. The number of furan rings is 1. The maximum atomic E-state index is 5.35. The third-order valence-corrected chi connectivity index (χ3v) is 3.30. The van der Waals surface area contributed by atoms with Crippen LogP contribution in [0.4, 0.5) is 11.8 Å². The van der Waals surface area contributed by atoms with Crippen LogP contribution in [0.2, 0.25) is 0 Å². The van der Waals surface area contributed by atoms with Gasteiger partial charge < -0.3 is 20.0 Å². The van der Waals surface area contributed by atoms with E-state index < -0.39 is 0 Å². The van der Waals surface area contributed by atoms with E-state index in [1.807, 2.05) is 12.1 Å². The number of H-pyrrole nitrogens is 1. The Morgan fingerprint density at radius 1 is 1.38 bits per heavy atom. The van der Waals surface area contributed by atoms with Crippen LogP contribution in [0.5, 0.6) is 0 Å². The number of nitrogens with zero attached hydrogens (tertiary/aromatic N) is 3. The number of hydrogen-bond donors (Lipinski definition) is 3. The topological polar surface area (TPSA) is 91.7 Å². The summed E-state index contributed by atoms with van der Waals surface area (Å²) in [6.45, 7) is 2.12. The Morgan fingerprint density at radius 3 is 3.05 bits per heavy atom. The molecule has 0 fully saturated rings. The number of aromatic nitrogens is 4. The SMILES string of the molecule is CNc1nc(NC(C)CCc2ccco2)c2[nH]cnc2n1. The molecule has 0 bridgehead atoms. The zero-order valence-electron chi connectivity index (χ0n) is 12.1. The Bertz CT molecular complexity index is 705. The smallest absolute Gasteiger partial charge is 0.226 e. The fraction of sp³-hybridized carbons (Fsp3) is 0.357. The molecule has 0 aliphatic heterocycles. The minimum absolute atomic E-state index is 0.251. The van der Waals surface area contributed by atoms with Crippen LogP contribution in [0.3, 0.4) is 0 Å². The highest BCUT2D eigenvalue weighted by Crippen LogP contribution is 2.20. The molecule has 21 heavy (non-hydrogen) atoms. The normalized spacial score (nSPS) is 12.5. The van der Waals surface area contributed by atoms with Gasteiger partial charge in [0.2, 0.25) is 5.95 Å². The van der Waals surface area contributed by atoms with Crippen LogP contribution >= 0.6 is 0 Å². The molecule has 0 aliphatic rings. The molecule has 0 amide bonds. The fourth-order valence-electron chi connectivity index (χ4n) is 2.17. The molecule has 0 radical (unpaired) electrons. The Labute approximate surface area is 122 Å². The van der Waals surface area contributed by atoms with Gasteiger partial charge in [-0.05, 0) is 25.5 Å². The van der Waals surface area contributed by atoms with Crippen molar-refractivity contribution in [1.82, 2.24) is 19.9 Å². The number of fused-ring (bicyclic) bond motifs is 1. The minimum atomic E-state index is 0.251. The van der Waals surface area contributed by atoms with Crippen molar-refractivity contribution in [3.63, 3.8) is 0 Å². The molecule has 110 valence electrons. The Kier molecular flexibility index (Phi) is 3.72. The average molecular weight is 286 g/mol. The van der Waals surface area contributed by atoms with Crippen LogP contribution in [0.25, 0.3) is 11.2 Å². The van der Waals surface area contributed by atoms with Gasteiger partial charge in [0.15, 0.2) is 11.5 Å². The van der Waals surface area contributed by atoms with Crippen molar-refractivity contribution in [2.45, 2.75) is 25.8 Å². The molecule has 3 aromatic rings. The zero-order valence-corrected chi connectivity index (χ0v) is 12.1. The summed E-state index contributed by atoms with van der Waals surface area (Å²) in [7, 11) is 1.79. The van der Waals surface area contributed by atoms with Gasteiger partial charge in [-0.3, -0.25) is 0 Å². The molecule has 3 rings (SSSR count). The number of rotatable bonds is 6. The lowest BCUT2D eigenvalue weighted by molar-refractivity contribution is 0.495. The number of imidazole rings is 1. The lowest BCUT2D eigenvalue weighted by atomic mass is 10.1. The van der Waals surface area contributed by atoms with Crippen molar-refractivity contribution in [2.75, 3.05) is 17.7 Å². The first-order chi connectivity index (χ1) is 10.3. The second kappa shape index (κ2) is 5.82. The van der Waals surface area contributed by atoms with Crippen LogP contribution in [-0.4, -0.2) is 33.0 Å². The molecule has 0 aromatic carbocycles. The van der Waals surface area contributed by atoms with Gasteiger partial charge in [-0.15, -0.1) is 0 Å². The second-order valence-corrected chi connectivity index (χ2v) is 4.91. The number of aromatic amines is 1. The molecule has 3 N–H and O–H groups in total. The van der Waals surface area contributed by atoms with E-state index in [9.17, 15) is 0 Å². The van der Waals surface area contributed by atoms with Crippen molar-refractivity contribution in [1.29, 1.82) is 0 Å². The summed E-state index contributed by atoms with van der Waals surface area (Å²) in [6.07, 6.45) is 5.15. The van der Waals surface area contributed by atoms with Gasteiger partial charge in [-0.25, -0.2) is 4.98 Å². The van der Waals surface area contributed by atoms with E-state index in [4.69, 9.17) is 4.42 Å². The number of nitrogens with one attached hydrogen (secondary N) is 3. The monoisotopic (exact) mass is 286 g/mol. The number of anilines is 2. The highest BCUT2D eigenvalue weighted by Gasteiger charge is 2.12. The third kappa shape index (κ3) is 2.96. The van der Waals surface area contributed by atoms with Crippen LogP contribution in [0, 0.1) is 0 Å². The Morgan fingerprint density at radius 2 is 2.29 bits per heavy atom. The van der Waals surface area contributed by atoms with E-state index in [0.29, 0.717) is 11.6 Å². The predicted octanol–water partition coefficient (Wildman–Crippen LogP) is 2.42. The van der Waals surface area contributed by atoms with Gasteiger partial charge in [0.1, 0.15) is 11.3 Å². The molecule has 7 nitrogen and oxygen atoms in total. The highest BCUT2D eigenvalue weighted by atomic mass is 16.3. The second-order valence-electron chi connectivity index (χ2n) is 4.91. The maximum Gasteiger partial charge on any atom is 0.226 e. The molecule has 3 heterocycles. The highest BCUT2D eigenvalue weighted by molar-refractivity contribution is 5.83. The largest absolute Gasteiger partial charge is 0.469 e. The summed E-state index contributed by atoms with van der Waals surface area (Å²) >= 11 is 0. The third-order valence-electron chi connectivity index (χ3n) is 3.30. The number of aryl methyl sites for hydroxylation is 1. The first-order valence-corrected chi connectivity index (χ1v) is 6.94. The molecule has 0 saturated heterocycles. The van der Waals surface area contributed by atoms with Crippen molar-refractivity contribution < 1.29 is 4.42 Å². The van der Waals surface area contributed by atoms with Crippen LogP contribution in [0.15, 0.2) is 29.1 Å². The van der Waals surface area contributed by atoms with E-state index >= 15 is 0 Å². The molecule has 0 spiro atoms. The Balaban J connectivity index is 1.72. The molecule has 7 heteroatoms. The van der Waals surface area contributed by atoms with Gasteiger partial charge in [0.05, 0.1) is 12.6 Å². The van der Waals surface area contributed by atoms with Crippen molar-refractivity contribution in [3.8, 4) is 0 Å². The van der Waals surface area contributed by atoms with Crippen LogP contribution < -0.4 is 10.6 Å². The Hall–Kier alpha value is -2.57. The van der Waals surface area contributed by atoms with E-state index in [0.717, 1.165) is 29.9 Å². The minimum Gasteiger partial charge on any atom is -0.469 e. The van der Waals surface area contributed by atoms with Gasteiger partial charge >= 0.3 is 0 Å². The maximum absolute atomic E-state index is 5.35. The van der Waals surface area contributed by atoms with Gasteiger partial charge in [-0.2, -0.15) is 9.97 Å². The average Bonchev–Trinajstić information content (AvgIpc) is 3.16. The first kappa shape index (κ1) is 13.4. The summed E-state index contributed by atoms with van der Waals surface area (Å²) in [5, 5.41) is 6.35. The summed E-state index contributed by atoms with van der Waals surface area (Å²) < 4.78 is 5.35. The molecular weight excluding hydrogens is 268 g/mol. The lowest BCUT2D eigenvalue weighted by Crippen LogP contribution is -2.17. The van der Waals surface area contributed by atoms with E-state index in [-0.39, 0.29) is 6.04 Å². The molecule has 3 aromatic heterocycles. The van der Waals surface area contributed by atoms with E-state index in [2.05, 4.69) is 37.5 Å². The molecule has 1 atom stereocenters.